The SMILES string of the molecule is COc1ccc(C)cc1NC(=O)[C@]12CC[C@](C)(C(=O)O1)C2(C)C. The van der Waals surface area contributed by atoms with E-state index in [-0.39, 0.29) is 11.9 Å². The Morgan fingerprint density at radius 3 is 2.48 bits per heavy atom. The van der Waals surface area contributed by atoms with Gasteiger partial charge in [-0.15, -0.1) is 0 Å². The van der Waals surface area contributed by atoms with Crippen LogP contribution in [0.2, 0.25) is 0 Å². The molecular weight excluding hydrogens is 294 g/mol. The van der Waals surface area contributed by atoms with Gasteiger partial charge in [0.25, 0.3) is 5.91 Å². The van der Waals surface area contributed by atoms with Crippen LogP contribution in [0.5, 0.6) is 5.75 Å². The predicted octanol–water partition coefficient (Wildman–Crippen LogP) is 3.06. The molecule has 124 valence electrons. The van der Waals surface area contributed by atoms with E-state index in [0.717, 1.165) is 5.56 Å². The molecule has 1 aromatic rings. The minimum atomic E-state index is -1.12. The van der Waals surface area contributed by atoms with Gasteiger partial charge in [0.15, 0.2) is 5.60 Å². The summed E-state index contributed by atoms with van der Waals surface area (Å²) in [5, 5.41) is 2.91. The van der Waals surface area contributed by atoms with Gasteiger partial charge in [0.1, 0.15) is 5.75 Å². The van der Waals surface area contributed by atoms with Crippen molar-refractivity contribution in [1.29, 1.82) is 0 Å². The molecule has 1 aromatic carbocycles. The predicted molar refractivity (Wildman–Crippen MR) is 86.3 cm³/mol. The van der Waals surface area contributed by atoms with Gasteiger partial charge in [-0.1, -0.05) is 19.9 Å². The number of fused-ring (bicyclic) bond motifs is 2. The fourth-order valence-electron chi connectivity index (χ4n) is 3.89. The van der Waals surface area contributed by atoms with E-state index in [0.29, 0.717) is 24.3 Å². The van der Waals surface area contributed by atoms with Crippen molar-refractivity contribution in [2.45, 2.75) is 46.1 Å². The van der Waals surface area contributed by atoms with Gasteiger partial charge in [-0.2, -0.15) is 0 Å². The van der Waals surface area contributed by atoms with E-state index in [9.17, 15) is 9.59 Å². The maximum absolute atomic E-state index is 13.0. The van der Waals surface area contributed by atoms with Gasteiger partial charge in [-0.05, 0) is 44.4 Å². The van der Waals surface area contributed by atoms with Gasteiger partial charge in [-0.25, -0.2) is 0 Å². The first kappa shape index (κ1) is 15.8. The Morgan fingerprint density at radius 1 is 1.26 bits per heavy atom. The molecule has 2 bridgehead atoms. The molecule has 23 heavy (non-hydrogen) atoms. The average Bonchev–Trinajstić information content (AvgIpc) is 2.78. The summed E-state index contributed by atoms with van der Waals surface area (Å²) in [6.45, 7) is 7.72. The first-order valence-corrected chi connectivity index (χ1v) is 7.87. The number of carbonyl (C=O) groups is 2. The molecule has 1 saturated carbocycles. The van der Waals surface area contributed by atoms with Crippen LogP contribution in [0.15, 0.2) is 18.2 Å². The Hall–Kier alpha value is -2.04. The number of anilines is 1. The van der Waals surface area contributed by atoms with Gasteiger partial charge in [-0.3, -0.25) is 9.59 Å². The molecule has 1 saturated heterocycles. The standard InChI is InChI=1S/C18H23NO4/c1-11-6-7-13(22-5)12(10-11)19-14(20)18-9-8-17(4,15(21)23-18)16(18,2)3/h6-7,10H,8-9H2,1-5H3,(H,19,20)/t17-,18+/m1/s1. The quantitative estimate of drug-likeness (QED) is 0.870. The number of carbonyl (C=O) groups excluding carboxylic acids is 2. The second-order valence-electron chi connectivity index (χ2n) is 7.33. The second kappa shape index (κ2) is 4.73. The fraction of sp³-hybridized carbons (Fsp3) is 0.556. The Bertz CT molecular complexity index is 696. The number of hydrogen-bond acceptors (Lipinski definition) is 4. The molecule has 0 unspecified atom stereocenters. The first-order chi connectivity index (χ1) is 10.7. The topological polar surface area (TPSA) is 64.6 Å². The summed E-state index contributed by atoms with van der Waals surface area (Å²) in [5.41, 5.74) is -0.677. The van der Waals surface area contributed by atoms with E-state index in [1.807, 2.05) is 45.9 Å². The van der Waals surface area contributed by atoms with Crippen molar-refractivity contribution in [1.82, 2.24) is 0 Å². The van der Waals surface area contributed by atoms with E-state index in [4.69, 9.17) is 9.47 Å². The molecule has 2 fully saturated rings. The zero-order chi connectivity index (χ0) is 17.0. The highest BCUT2D eigenvalue weighted by atomic mass is 16.6. The molecule has 3 rings (SSSR count). The molecular formula is C18H23NO4. The molecule has 5 heteroatoms. The fourth-order valence-corrected chi connectivity index (χ4v) is 3.89. The van der Waals surface area contributed by atoms with Gasteiger partial charge >= 0.3 is 5.97 Å². The number of aryl methyl sites for hydroxylation is 1. The van der Waals surface area contributed by atoms with Gasteiger partial charge in [0.05, 0.1) is 18.2 Å². The van der Waals surface area contributed by atoms with E-state index < -0.39 is 16.4 Å². The normalized spacial score (nSPS) is 30.9. The molecule has 0 radical (unpaired) electrons. The van der Waals surface area contributed by atoms with Crippen molar-refractivity contribution in [3.63, 3.8) is 0 Å². The van der Waals surface area contributed by atoms with Crippen LogP contribution in [-0.2, 0) is 14.3 Å². The van der Waals surface area contributed by atoms with E-state index in [2.05, 4.69) is 5.32 Å². The lowest BCUT2D eigenvalue weighted by atomic mass is 9.66. The van der Waals surface area contributed by atoms with Crippen molar-refractivity contribution in [3.05, 3.63) is 23.8 Å². The number of amides is 1. The van der Waals surface area contributed by atoms with Gasteiger partial charge in [0, 0.05) is 5.41 Å². The van der Waals surface area contributed by atoms with Crippen LogP contribution in [0.4, 0.5) is 5.69 Å². The van der Waals surface area contributed by atoms with Crippen molar-refractivity contribution < 1.29 is 19.1 Å². The summed E-state index contributed by atoms with van der Waals surface area (Å²) < 4.78 is 10.9. The summed E-state index contributed by atoms with van der Waals surface area (Å²) in [6, 6.07) is 5.58. The van der Waals surface area contributed by atoms with Crippen LogP contribution in [0.3, 0.4) is 0 Å². The minimum absolute atomic E-state index is 0.277. The number of benzene rings is 1. The highest BCUT2D eigenvalue weighted by Gasteiger charge is 2.75. The maximum atomic E-state index is 13.0. The van der Waals surface area contributed by atoms with E-state index >= 15 is 0 Å². The molecule has 0 spiro atoms. The van der Waals surface area contributed by atoms with Crippen LogP contribution >= 0.6 is 0 Å². The number of methoxy groups -OCH3 is 1. The lowest BCUT2D eigenvalue weighted by molar-refractivity contribution is -0.165. The van der Waals surface area contributed by atoms with E-state index in [1.54, 1.807) is 7.11 Å². The number of rotatable bonds is 3. The van der Waals surface area contributed by atoms with Crippen LogP contribution in [-0.4, -0.2) is 24.6 Å². The third-order valence-electron chi connectivity index (χ3n) is 6.05. The number of nitrogens with one attached hydrogen (secondary N) is 1. The number of esters is 1. The molecule has 2 atom stereocenters. The molecule has 1 N–H and O–H groups in total. The number of hydrogen-bond donors (Lipinski definition) is 1. The molecule has 5 nitrogen and oxygen atoms in total. The van der Waals surface area contributed by atoms with E-state index in [1.165, 1.54) is 0 Å². The molecule has 2 aliphatic rings. The van der Waals surface area contributed by atoms with Crippen molar-refractivity contribution in [2.75, 3.05) is 12.4 Å². The highest BCUT2D eigenvalue weighted by molar-refractivity contribution is 6.04. The maximum Gasteiger partial charge on any atom is 0.313 e. The lowest BCUT2D eigenvalue weighted by Gasteiger charge is -2.35. The zero-order valence-corrected chi connectivity index (χ0v) is 14.3. The Morgan fingerprint density at radius 2 is 1.96 bits per heavy atom. The summed E-state index contributed by atoms with van der Waals surface area (Å²) >= 11 is 0. The third kappa shape index (κ3) is 1.85. The molecule has 1 aliphatic heterocycles. The summed E-state index contributed by atoms with van der Waals surface area (Å²) in [6.07, 6.45) is 1.21. The van der Waals surface area contributed by atoms with Crippen molar-refractivity contribution in [2.24, 2.45) is 10.8 Å². The molecule has 1 amide bonds. The van der Waals surface area contributed by atoms with Crippen LogP contribution in [0.1, 0.15) is 39.2 Å². The molecule has 1 aliphatic carbocycles. The zero-order valence-electron chi connectivity index (χ0n) is 14.3. The highest BCUT2D eigenvalue weighted by Crippen LogP contribution is 2.65. The monoisotopic (exact) mass is 317 g/mol. The summed E-state index contributed by atoms with van der Waals surface area (Å²) in [5.74, 6) is 0.0318. The Kier molecular flexibility index (Phi) is 3.26. The van der Waals surface area contributed by atoms with Crippen molar-refractivity contribution in [3.8, 4) is 5.75 Å². The molecule has 1 heterocycles. The third-order valence-corrected chi connectivity index (χ3v) is 6.05. The van der Waals surface area contributed by atoms with Gasteiger partial charge in [0.2, 0.25) is 0 Å². The number of ether oxygens (including phenoxy) is 2. The van der Waals surface area contributed by atoms with Gasteiger partial charge < -0.3 is 14.8 Å². The molecule has 0 aromatic heterocycles. The first-order valence-electron chi connectivity index (χ1n) is 7.87. The van der Waals surface area contributed by atoms with Crippen molar-refractivity contribution >= 4 is 17.6 Å². The average molecular weight is 317 g/mol. The summed E-state index contributed by atoms with van der Waals surface area (Å²) in [7, 11) is 1.56. The van der Waals surface area contributed by atoms with Crippen LogP contribution < -0.4 is 10.1 Å². The minimum Gasteiger partial charge on any atom is -0.495 e. The smallest absolute Gasteiger partial charge is 0.313 e. The second-order valence-corrected chi connectivity index (χ2v) is 7.33. The lowest BCUT2D eigenvalue weighted by Crippen LogP contribution is -2.50. The largest absolute Gasteiger partial charge is 0.495 e. The summed E-state index contributed by atoms with van der Waals surface area (Å²) in [4.78, 5) is 25.3. The van der Waals surface area contributed by atoms with Crippen LogP contribution in [0, 0.1) is 17.8 Å². The Balaban J connectivity index is 1.96. The Labute approximate surface area is 136 Å². The van der Waals surface area contributed by atoms with Crippen LogP contribution in [0.25, 0.3) is 0 Å².